The molecule has 4 rings (SSSR count). The summed E-state index contributed by atoms with van der Waals surface area (Å²) in [6.45, 7) is 0.955. The van der Waals surface area contributed by atoms with E-state index < -0.39 is 15.9 Å². The Hall–Kier alpha value is -3.72. The summed E-state index contributed by atoms with van der Waals surface area (Å²) in [6.07, 6.45) is 0.716. The number of carbonyl (C=O) groups is 1. The molecule has 1 N–H and O–H groups in total. The zero-order valence-corrected chi connectivity index (χ0v) is 19.1. The average molecular weight is 469 g/mol. The average Bonchev–Trinajstić information content (AvgIpc) is 3.09. The summed E-state index contributed by atoms with van der Waals surface area (Å²) in [5.74, 6) is 1.12. The van der Waals surface area contributed by atoms with Crippen LogP contribution in [0.4, 0.5) is 11.4 Å². The van der Waals surface area contributed by atoms with Gasteiger partial charge in [-0.1, -0.05) is 12.1 Å². The molecular formula is C24H24N2O6S. The van der Waals surface area contributed by atoms with Gasteiger partial charge in [0, 0.05) is 25.2 Å². The number of benzene rings is 3. The number of fused-ring (bicyclic) bond motifs is 1. The molecule has 8 nitrogen and oxygen atoms in total. The lowest BCUT2D eigenvalue weighted by atomic mass is 10.1. The molecule has 1 amide bonds. The van der Waals surface area contributed by atoms with E-state index >= 15 is 0 Å². The number of rotatable bonds is 6. The maximum absolute atomic E-state index is 13.4. The Morgan fingerprint density at radius 1 is 0.970 bits per heavy atom. The van der Waals surface area contributed by atoms with E-state index in [0.29, 0.717) is 42.6 Å². The van der Waals surface area contributed by atoms with E-state index in [0.717, 1.165) is 4.31 Å². The fourth-order valence-electron chi connectivity index (χ4n) is 3.40. The molecule has 3 aromatic carbocycles. The molecule has 9 heteroatoms. The highest BCUT2D eigenvalue weighted by molar-refractivity contribution is 7.92. The molecule has 0 aromatic heterocycles. The lowest BCUT2D eigenvalue weighted by Crippen LogP contribution is -2.29. The predicted molar refractivity (Wildman–Crippen MR) is 125 cm³/mol. The molecule has 0 fully saturated rings. The molecule has 1 aliphatic rings. The van der Waals surface area contributed by atoms with E-state index in [1.54, 1.807) is 61.7 Å². The number of ether oxygens (including phenoxy) is 3. The van der Waals surface area contributed by atoms with Gasteiger partial charge in [0.1, 0.15) is 5.75 Å². The molecule has 33 heavy (non-hydrogen) atoms. The third kappa shape index (κ3) is 4.73. The highest BCUT2D eigenvalue weighted by Crippen LogP contribution is 2.34. The topological polar surface area (TPSA) is 94.2 Å². The van der Waals surface area contributed by atoms with Crippen LogP contribution in [0.1, 0.15) is 16.8 Å². The first-order chi connectivity index (χ1) is 15.9. The summed E-state index contributed by atoms with van der Waals surface area (Å²) in [7, 11) is -1.00. The van der Waals surface area contributed by atoms with Crippen LogP contribution in [-0.2, 0) is 10.0 Å². The molecule has 1 heterocycles. The van der Waals surface area contributed by atoms with Gasteiger partial charge in [-0.15, -0.1) is 0 Å². The molecule has 1 aliphatic heterocycles. The van der Waals surface area contributed by atoms with Crippen LogP contribution < -0.4 is 23.8 Å². The van der Waals surface area contributed by atoms with E-state index in [2.05, 4.69) is 5.32 Å². The van der Waals surface area contributed by atoms with Gasteiger partial charge < -0.3 is 19.5 Å². The molecule has 3 aromatic rings. The molecule has 0 radical (unpaired) electrons. The van der Waals surface area contributed by atoms with Gasteiger partial charge in [0.2, 0.25) is 0 Å². The summed E-state index contributed by atoms with van der Waals surface area (Å²) in [5, 5.41) is 2.79. The SMILES string of the molecule is COc1ccc(NC(=O)c2ccccc2N(C)S(=O)(=O)c2ccc3c(c2)OCCCO3)cc1. The second-order valence-electron chi connectivity index (χ2n) is 7.33. The first-order valence-electron chi connectivity index (χ1n) is 10.3. The number of carbonyl (C=O) groups excluding carboxylic acids is 1. The maximum atomic E-state index is 13.4. The maximum Gasteiger partial charge on any atom is 0.264 e. The third-order valence-corrected chi connectivity index (χ3v) is 6.98. The molecule has 0 saturated carbocycles. The Labute approximate surface area is 192 Å². The number of anilines is 2. The number of methoxy groups -OCH3 is 1. The zero-order valence-electron chi connectivity index (χ0n) is 18.3. The van der Waals surface area contributed by atoms with Crippen molar-refractivity contribution in [3.05, 3.63) is 72.3 Å². The lowest BCUT2D eigenvalue weighted by molar-refractivity contribution is 0.102. The monoisotopic (exact) mass is 468 g/mol. The number of nitrogens with one attached hydrogen (secondary N) is 1. The summed E-state index contributed by atoms with van der Waals surface area (Å²) >= 11 is 0. The van der Waals surface area contributed by atoms with Crippen molar-refractivity contribution >= 4 is 27.3 Å². The van der Waals surface area contributed by atoms with Crippen molar-refractivity contribution in [1.29, 1.82) is 0 Å². The molecule has 0 unspecified atom stereocenters. The van der Waals surface area contributed by atoms with Gasteiger partial charge in [-0.25, -0.2) is 8.42 Å². The van der Waals surface area contributed by atoms with Crippen LogP contribution >= 0.6 is 0 Å². The predicted octanol–water partition coefficient (Wildman–Crippen LogP) is 3.93. The Morgan fingerprint density at radius 3 is 2.39 bits per heavy atom. The number of para-hydroxylation sites is 1. The number of hydrogen-bond acceptors (Lipinski definition) is 6. The van der Waals surface area contributed by atoms with Crippen LogP contribution in [0.25, 0.3) is 0 Å². The number of hydrogen-bond donors (Lipinski definition) is 1. The Morgan fingerprint density at radius 2 is 1.67 bits per heavy atom. The van der Waals surface area contributed by atoms with Crippen molar-refractivity contribution < 1.29 is 27.4 Å². The zero-order chi connectivity index (χ0) is 23.4. The highest BCUT2D eigenvalue weighted by atomic mass is 32.2. The van der Waals surface area contributed by atoms with Crippen molar-refractivity contribution in [1.82, 2.24) is 0 Å². The third-order valence-electron chi connectivity index (χ3n) is 5.21. The Bertz CT molecular complexity index is 1260. The van der Waals surface area contributed by atoms with Crippen LogP contribution in [0.2, 0.25) is 0 Å². The van der Waals surface area contributed by atoms with Crippen LogP contribution in [0.3, 0.4) is 0 Å². The molecule has 0 atom stereocenters. The van der Waals surface area contributed by atoms with Crippen LogP contribution in [0, 0.1) is 0 Å². The van der Waals surface area contributed by atoms with Crippen molar-refractivity contribution in [3.8, 4) is 17.2 Å². The molecular weight excluding hydrogens is 444 g/mol. The van der Waals surface area contributed by atoms with Gasteiger partial charge in [-0.2, -0.15) is 0 Å². The smallest absolute Gasteiger partial charge is 0.264 e. The highest BCUT2D eigenvalue weighted by Gasteiger charge is 2.27. The number of amides is 1. The fraction of sp³-hybridized carbons (Fsp3) is 0.208. The fourth-order valence-corrected chi connectivity index (χ4v) is 4.64. The minimum Gasteiger partial charge on any atom is -0.497 e. The number of nitrogens with zero attached hydrogens (tertiary/aromatic N) is 1. The van der Waals surface area contributed by atoms with E-state index in [-0.39, 0.29) is 16.1 Å². The molecule has 0 bridgehead atoms. The molecule has 172 valence electrons. The number of sulfonamides is 1. The second-order valence-corrected chi connectivity index (χ2v) is 9.30. The Balaban J connectivity index is 1.62. The van der Waals surface area contributed by atoms with Crippen LogP contribution in [0.5, 0.6) is 17.2 Å². The van der Waals surface area contributed by atoms with Gasteiger partial charge in [0.25, 0.3) is 15.9 Å². The van der Waals surface area contributed by atoms with E-state index in [1.807, 2.05) is 0 Å². The van der Waals surface area contributed by atoms with E-state index in [4.69, 9.17) is 14.2 Å². The van der Waals surface area contributed by atoms with Crippen LogP contribution in [-0.4, -0.2) is 41.7 Å². The molecule has 0 saturated heterocycles. The lowest BCUT2D eigenvalue weighted by Gasteiger charge is -2.22. The normalized spacial score (nSPS) is 13.0. The van der Waals surface area contributed by atoms with Crippen molar-refractivity contribution in [3.63, 3.8) is 0 Å². The molecule has 0 aliphatic carbocycles. The summed E-state index contributed by atoms with van der Waals surface area (Å²) in [4.78, 5) is 13.0. The summed E-state index contributed by atoms with van der Waals surface area (Å²) in [6, 6.07) is 17.9. The second kappa shape index (κ2) is 9.41. The summed E-state index contributed by atoms with van der Waals surface area (Å²) < 4.78 is 44.2. The minimum absolute atomic E-state index is 0.0413. The van der Waals surface area contributed by atoms with Crippen LogP contribution in [0.15, 0.2) is 71.6 Å². The first kappa shape index (κ1) is 22.5. The minimum atomic E-state index is -3.97. The largest absolute Gasteiger partial charge is 0.497 e. The van der Waals surface area contributed by atoms with Gasteiger partial charge in [-0.3, -0.25) is 9.10 Å². The van der Waals surface area contributed by atoms with Crippen molar-refractivity contribution in [2.75, 3.05) is 37.0 Å². The first-order valence-corrected chi connectivity index (χ1v) is 11.8. The molecule has 0 spiro atoms. The van der Waals surface area contributed by atoms with Gasteiger partial charge in [0.15, 0.2) is 11.5 Å². The van der Waals surface area contributed by atoms with Gasteiger partial charge in [0.05, 0.1) is 36.5 Å². The van der Waals surface area contributed by atoms with Gasteiger partial charge in [-0.05, 0) is 48.5 Å². The quantitative estimate of drug-likeness (QED) is 0.589. The summed E-state index contributed by atoms with van der Waals surface area (Å²) in [5.41, 5.74) is 1.02. The Kier molecular flexibility index (Phi) is 6.41. The standard InChI is InChI=1S/C24H24N2O6S/c1-26(33(28,29)19-12-13-22-23(16-19)32-15-5-14-31-22)21-7-4-3-6-20(21)24(27)25-17-8-10-18(30-2)11-9-17/h3-4,6-13,16H,5,14-15H2,1-2H3,(H,25,27). The van der Waals surface area contributed by atoms with Gasteiger partial charge >= 0.3 is 0 Å². The van der Waals surface area contributed by atoms with Crippen molar-refractivity contribution in [2.45, 2.75) is 11.3 Å². The van der Waals surface area contributed by atoms with E-state index in [1.165, 1.54) is 19.2 Å². The van der Waals surface area contributed by atoms with E-state index in [9.17, 15) is 13.2 Å². The van der Waals surface area contributed by atoms with Crippen molar-refractivity contribution in [2.24, 2.45) is 0 Å².